The van der Waals surface area contributed by atoms with E-state index in [9.17, 15) is 4.79 Å². The zero-order valence-corrected chi connectivity index (χ0v) is 13.7. The van der Waals surface area contributed by atoms with Crippen molar-refractivity contribution in [3.05, 3.63) is 47.7 Å². The molecule has 2 heterocycles. The van der Waals surface area contributed by atoms with Gasteiger partial charge in [0.05, 0.1) is 12.4 Å². The highest BCUT2D eigenvalue weighted by atomic mass is 79.9. The number of hydrogen-bond donors (Lipinski definition) is 0. The lowest BCUT2D eigenvalue weighted by molar-refractivity contribution is 0.105. The molecule has 0 atom stereocenters. The smallest absolute Gasteiger partial charge is 0.196 e. The number of halogens is 2. The largest absolute Gasteiger partial charge is 0.288 e. The predicted octanol–water partition coefficient (Wildman–Crippen LogP) is 5.62. The van der Waals surface area contributed by atoms with Crippen LogP contribution in [0.15, 0.2) is 37.9 Å². The Morgan fingerprint density at radius 2 is 1.59 bits per heavy atom. The molecule has 5 heteroatoms. The van der Waals surface area contributed by atoms with Crippen LogP contribution in [0.25, 0.3) is 5.57 Å². The van der Waals surface area contributed by atoms with Gasteiger partial charge < -0.3 is 0 Å². The summed E-state index contributed by atoms with van der Waals surface area (Å²) >= 11 is 9.86. The summed E-state index contributed by atoms with van der Waals surface area (Å²) in [6.07, 6.45) is 1.69. The highest BCUT2D eigenvalue weighted by molar-refractivity contribution is 9.11. The molecule has 88 valence electrons. The fourth-order valence-electron chi connectivity index (χ4n) is 1.31. The molecular formula is C12H8Br2OS2. The Bertz CT molecular complexity index is 581. The van der Waals surface area contributed by atoms with E-state index < -0.39 is 0 Å². The van der Waals surface area contributed by atoms with Crippen LogP contribution in [0.5, 0.6) is 0 Å². The predicted molar refractivity (Wildman–Crippen MR) is 82.0 cm³/mol. The normalized spacial score (nSPS) is 11.8. The van der Waals surface area contributed by atoms with Crippen LogP contribution in [-0.4, -0.2) is 5.78 Å². The van der Waals surface area contributed by atoms with E-state index in [-0.39, 0.29) is 5.78 Å². The van der Waals surface area contributed by atoms with Gasteiger partial charge in [-0.05, 0) is 74.7 Å². The first-order valence-electron chi connectivity index (χ1n) is 4.80. The molecule has 0 spiro atoms. The Labute approximate surface area is 124 Å². The van der Waals surface area contributed by atoms with Gasteiger partial charge in [-0.25, -0.2) is 0 Å². The van der Waals surface area contributed by atoms with Gasteiger partial charge in [-0.1, -0.05) is 0 Å². The molecule has 0 saturated carbocycles. The number of thiophene rings is 2. The zero-order valence-electron chi connectivity index (χ0n) is 8.87. The van der Waals surface area contributed by atoms with Gasteiger partial charge in [0.15, 0.2) is 5.78 Å². The first kappa shape index (κ1) is 13.2. The maximum absolute atomic E-state index is 12.0. The van der Waals surface area contributed by atoms with Gasteiger partial charge in [-0.15, -0.1) is 22.7 Å². The molecule has 0 saturated heterocycles. The van der Waals surface area contributed by atoms with Crippen molar-refractivity contribution in [3.63, 3.8) is 0 Å². The second-order valence-corrected chi connectivity index (χ2v) is 8.33. The Morgan fingerprint density at radius 1 is 1.06 bits per heavy atom. The standard InChI is InChI=1S/C12H8Br2OS2/c1-7(9-2-4-11(13)16-9)6-8(15)10-3-5-12(14)17-10/h2-6H,1H3/b7-6+. The Hall–Kier alpha value is -0.230. The van der Waals surface area contributed by atoms with E-state index in [0.29, 0.717) is 0 Å². The maximum atomic E-state index is 12.0. The molecule has 0 aliphatic carbocycles. The number of carbonyl (C=O) groups excluding carboxylic acids is 1. The Balaban J connectivity index is 2.22. The van der Waals surface area contributed by atoms with Crippen LogP contribution in [0.3, 0.4) is 0 Å². The SMILES string of the molecule is C/C(=C\C(=O)c1ccc(Br)s1)c1ccc(Br)s1. The van der Waals surface area contributed by atoms with Crippen molar-refractivity contribution in [3.8, 4) is 0 Å². The summed E-state index contributed by atoms with van der Waals surface area (Å²) in [6, 6.07) is 7.73. The molecule has 2 aromatic heterocycles. The third-order valence-corrected chi connectivity index (χ3v) is 5.52. The minimum Gasteiger partial charge on any atom is -0.288 e. The molecule has 0 unspecified atom stereocenters. The average molecular weight is 392 g/mol. The molecule has 0 aromatic carbocycles. The van der Waals surface area contributed by atoms with Crippen molar-refractivity contribution in [2.75, 3.05) is 0 Å². The average Bonchev–Trinajstić information content (AvgIpc) is 2.87. The molecule has 2 aromatic rings. The van der Waals surface area contributed by atoms with Crippen LogP contribution in [-0.2, 0) is 0 Å². The summed E-state index contributed by atoms with van der Waals surface area (Å²) < 4.78 is 2.05. The van der Waals surface area contributed by atoms with Gasteiger partial charge in [0.1, 0.15) is 0 Å². The monoisotopic (exact) mass is 390 g/mol. The molecule has 0 fully saturated rings. The highest BCUT2D eigenvalue weighted by Gasteiger charge is 2.08. The third kappa shape index (κ3) is 3.37. The minimum atomic E-state index is 0.0581. The van der Waals surface area contributed by atoms with Gasteiger partial charge >= 0.3 is 0 Å². The lowest BCUT2D eigenvalue weighted by Crippen LogP contribution is -1.90. The molecule has 0 aliphatic rings. The number of ketones is 1. The fraction of sp³-hybridized carbons (Fsp3) is 0.0833. The van der Waals surface area contributed by atoms with Crippen molar-refractivity contribution in [2.45, 2.75) is 6.92 Å². The van der Waals surface area contributed by atoms with Crippen molar-refractivity contribution in [1.82, 2.24) is 0 Å². The number of hydrogen-bond acceptors (Lipinski definition) is 3. The summed E-state index contributed by atoms with van der Waals surface area (Å²) in [5, 5.41) is 0. The fourth-order valence-corrected chi connectivity index (χ4v) is 3.97. The number of carbonyl (C=O) groups is 1. The van der Waals surface area contributed by atoms with E-state index in [4.69, 9.17) is 0 Å². The van der Waals surface area contributed by atoms with E-state index in [1.807, 2.05) is 31.2 Å². The maximum Gasteiger partial charge on any atom is 0.196 e. The van der Waals surface area contributed by atoms with E-state index in [0.717, 1.165) is 22.9 Å². The van der Waals surface area contributed by atoms with Crippen LogP contribution in [0.2, 0.25) is 0 Å². The Morgan fingerprint density at radius 3 is 2.06 bits per heavy atom. The minimum absolute atomic E-state index is 0.0581. The van der Waals surface area contributed by atoms with Crippen LogP contribution >= 0.6 is 54.5 Å². The van der Waals surface area contributed by atoms with Crippen LogP contribution in [0.1, 0.15) is 21.5 Å². The molecule has 17 heavy (non-hydrogen) atoms. The molecule has 1 nitrogen and oxygen atoms in total. The second kappa shape index (κ2) is 5.61. The molecule has 0 N–H and O–H groups in total. The molecule has 0 radical (unpaired) electrons. The topological polar surface area (TPSA) is 17.1 Å². The summed E-state index contributed by atoms with van der Waals surface area (Å²) in [5.41, 5.74) is 0.996. The first-order chi connectivity index (χ1) is 8.06. The summed E-state index contributed by atoms with van der Waals surface area (Å²) in [7, 11) is 0. The quantitative estimate of drug-likeness (QED) is 0.490. The molecule has 0 aliphatic heterocycles. The van der Waals surface area contributed by atoms with Crippen molar-refractivity contribution < 1.29 is 4.79 Å². The van der Waals surface area contributed by atoms with E-state index in [1.54, 1.807) is 17.4 Å². The summed E-state index contributed by atoms with van der Waals surface area (Å²) in [6.45, 7) is 1.96. The second-order valence-electron chi connectivity index (χ2n) is 3.40. The zero-order chi connectivity index (χ0) is 12.4. The summed E-state index contributed by atoms with van der Waals surface area (Å²) in [4.78, 5) is 13.8. The van der Waals surface area contributed by atoms with Gasteiger partial charge in [-0.2, -0.15) is 0 Å². The van der Waals surface area contributed by atoms with E-state index >= 15 is 0 Å². The number of rotatable bonds is 3. The molecule has 2 rings (SSSR count). The van der Waals surface area contributed by atoms with Crippen molar-refractivity contribution in [1.29, 1.82) is 0 Å². The van der Waals surface area contributed by atoms with Gasteiger partial charge in [-0.3, -0.25) is 4.79 Å². The Kier molecular flexibility index (Phi) is 4.36. The van der Waals surface area contributed by atoms with Gasteiger partial charge in [0.2, 0.25) is 0 Å². The van der Waals surface area contributed by atoms with Crippen LogP contribution < -0.4 is 0 Å². The lowest BCUT2D eigenvalue weighted by Gasteiger charge is -1.95. The first-order valence-corrected chi connectivity index (χ1v) is 8.02. The van der Waals surface area contributed by atoms with E-state index in [2.05, 4.69) is 31.9 Å². The van der Waals surface area contributed by atoms with Crippen molar-refractivity contribution in [2.24, 2.45) is 0 Å². The van der Waals surface area contributed by atoms with Gasteiger partial charge in [0, 0.05) is 4.88 Å². The third-order valence-electron chi connectivity index (χ3n) is 2.13. The highest BCUT2D eigenvalue weighted by Crippen LogP contribution is 2.29. The van der Waals surface area contributed by atoms with Crippen LogP contribution in [0, 0.1) is 0 Å². The van der Waals surface area contributed by atoms with E-state index in [1.165, 1.54) is 11.3 Å². The molecular weight excluding hydrogens is 384 g/mol. The summed E-state index contributed by atoms with van der Waals surface area (Å²) in [5.74, 6) is 0.0581. The lowest BCUT2D eigenvalue weighted by atomic mass is 10.2. The van der Waals surface area contributed by atoms with Crippen LogP contribution in [0.4, 0.5) is 0 Å². The van der Waals surface area contributed by atoms with Gasteiger partial charge in [0.25, 0.3) is 0 Å². The molecule has 0 bridgehead atoms. The van der Waals surface area contributed by atoms with Crippen molar-refractivity contribution >= 4 is 65.9 Å². The molecule has 0 amide bonds. The number of allylic oxidation sites excluding steroid dienone is 2.